The van der Waals surface area contributed by atoms with E-state index in [1.54, 1.807) is 42.5 Å². The maximum atomic E-state index is 13.2. The molecule has 0 spiro atoms. The highest BCUT2D eigenvalue weighted by Gasteiger charge is 2.35. The Morgan fingerprint density at radius 1 is 1.13 bits per heavy atom. The molecule has 0 saturated carbocycles. The Labute approximate surface area is 195 Å². The first-order valence-electron chi connectivity index (χ1n) is 9.20. The number of nitrogens with one attached hydrogen (secondary N) is 1. The molecule has 5 nitrogen and oxygen atoms in total. The van der Waals surface area contributed by atoms with Gasteiger partial charge in [-0.15, -0.1) is 6.58 Å². The van der Waals surface area contributed by atoms with E-state index in [1.807, 2.05) is 6.07 Å². The van der Waals surface area contributed by atoms with Gasteiger partial charge < -0.3 is 4.74 Å². The lowest BCUT2D eigenvalue weighted by molar-refractivity contribution is -0.122. The molecule has 1 heterocycles. The molecule has 0 radical (unpaired) electrons. The second-order valence-electron chi connectivity index (χ2n) is 6.49. The highest BCUT2D eigenvalue weighted by molar-refractivity contribution is 7.80. The van der Waals surface area contributed by atoms with Gasteiger partial charge in [-0.3, -0.25) is 19.8 Å². The van der Waals surface area contributed by atoms with Crippen LogP contribution in [0.25, 0.3) is 6.08 Å². The van der Waals surface area contributed by atoms with Gasteiger partial charge in [0.15, 0.2) is 5.11 Å². The lowest BCUT2D eigenvalue weighted by Crippen LogP contribution is -2.54. The number of hydrogen-bond donors (Lipinski definition) is 1. The maximum Gasteiger partial charge on any atom is 0.270 e. The lowest BCUT2D eigenvalue weighted by Gasteiger charge is -2.29. The lowest BCUT2D eigenvalue weighted by atomic mass is 10.0. The molecule has 2 aromatic carbocycles. The SMILES string of the molecule is C=CCOc1ccc(/C=C2\C(=O)NC(=S)N(c3cccc(Cl)c3Cl)C2=O)cc1CC=C. The number of carbonyl (C=O) groups is 2. The first-order valence-corrected chi connectivity index (χ1v) is 10.4. The van der Waals surface area contributed by atoms with Crippen LogP contribution in [0.15, 0.2) is 67.3 Å². The molecular weight excluding hydrogens is 455 g/mol. The minimum atomic E-state index is -0.602. The molecule has 158 valence electrons. The number of amides is 2. The van der Waals surface area contributed by atoms with Crippen molar-refractivity contribution in [2.24, 2.45) is 0 Å². The molecule has 2 aromatic rings. The van der Waals surface area contributed by atoms with Crippen LogP contribution in [-0.2, 0) is 16.0 Å². The summed E-state index contributed by atoms with van der Waals surface area (Å²) in [5, 5.41) is 2.88. The van der Waals surface area contributed by atoms with Crippen LogP contribution in [0, 0.1) is 0 Å². The van der Waals surface area contributed by atoms with Crippen LogP contribution in [-0.4, -0.2) is 23.5 Å². The van der Waals surface area contributed by atoms with Crippen molar-refractivity contribution in [1.82, 2.24) is 5.32 Å². The molecule has 1 aliphatic rings. The Balaban J connectivity index is 2.01. The number of rotatable bonds is 7. The van der Waals surface area contributed by atoms with E-state index in [9.17, 15) is 9.59 Å². The fourth-order valence-corrected chi connectivity index (χ4v) is 3.66. The van der Waals surface area contributed by atoms with Gasteiger partial charge in [0.1, 0.15) is 17.9 Å². The molecule has 0 aliphatic carbocycles. The number of hydrogen-bond acceptors (Lipinski definition) is 4. The molecule has 3 rings (SSSR count). The summed E-state index contributed by atoms with van der Waals surface area (Å²) in [7, 11) is 0. The van der Waals surface area contributed by atoms with E-state index < -0.39 is 11.8 Å². The van der Waals surface area contributed by atoms with E-state index in [0.29, 0.717) is 24.3 Å². The van der Waals surface area contributed by atoms with Crippen molar-refractivity contribution < 1.29 is 14.3 Å². The van der Waals surface area contributed by atoms with Crippen LogP contribution in [0.2, 0.25) is 10.0 Å². The van der Waals surface area contributed by atoms with E-state index in [0.717, 1.165) is 10.5 Å². The number of halogens is 2. The Morgan fingerprint density at radius 3 is 2.61 bits per heavy atom. The van der Waals surface area contributed by atoms with Crippen LogP contribution in [0.1, 0.15) is 11.1 Å². The van der Waals surface area contributed by atoms with Gasteiger partial charge in [-0.25, -0.2) is 0 Å². The maximum absolute atomic E-state index is 13.2. The average Bonchev–Trinajstić information content (AvgIpc) is 2.73. The van der Waals surface area contributed by atoms with Crippen LogP contribution >= 0.6 is 35.4 Å². The van der Waals surface area contributed by atoms with Crippen molar-refractivity contribution in [2.45, 2.75) is 6.42 Å². The van der Waals surface area contributed by atoms with Crippen LogP contribution in [0.3, 0.4) is 0 Å². The fourth-order valence-electron chi connectivity index (χ4n) is 3.00. The molecule has 8 heteroatoms. The molecule has 31 heavy (non-hydrogen) atoms. The van der Waals surface area contributed by atoms with Crippen molar-refractivity contribution >= 4 is 64.1 Å². The summed E-state index contributed by atoms with van der Waals surface area (Å²) in [6.45, 7) is 7.76. The Kier molecular flexibility index (Phi) is 7.28. The summed E-state index contributed by atoms with van der Waals surface area (Å²) >= 11 is 17.6. The number of benzene rings is 2. The van der Waals surface area contributed by atoms with Crippen molar-refractivity contribution in [3.63, 3.8) is 0 Å². The Morgan fingerprint density at radius 2 is 1.90 bits per heavy atom. The van der Waals surface area contributed by atoms with Crippen molar-refractivity contribution in [3.8, 4) is 5.75 Å². The van der Waals surface area contributed by atoms with E-state index >= 15 is 0 Å². The minimum absolute atomic E-state index is 0.0724. The Bertz CT molecular complexity index is 1130. The molecule has 1 fully saturated rings. The predicted molar refractivity (Wildman–Crippen MR) is 129 cm³/mol. The van der Waals surface area contributed by atoms with E-state index in [1.165, 1.54) is 6.08 Å². The zero-order chi connectivity index (χ0) is 22.5. The smallest absolute Gasteiger partial charge is 0.270 e. The van der Waals surface area contributed by atoms with Crippen LogP contribution in [0.4, 0.5) is 5.69 Å². The molecule has 0 unspecified atom stereocenters. The first-order chi connectivity index (χ1) is 14.9. The van der Waals surface area contributed by atoms with Crippen molar-refractivity contribution in [3.05, 3.63) is 88.5 Å². The van der Waals surface area contributed by atoms with Gasteiger partial charge in [-0.2, -0.15) is 0 Å². The van der Waals surface area contributed by atoms with E-state index in [4.69, 9.17) is 40.2 Å². The highest BCUT2D eigenvalue weighted by atomic mass is 35.5. The zero-order valence-electron chi connectivity index (χ0n) is 16.4. The van der Waals surface area contributed by atoms with Crippen molar-refractivity contribution in [1.29, 1.82) is 0 Å². The van der Waals surface area contributed by atoms with Gasteiger partial charge in [-0.1, -0.05) is 54.1 Å². The van der Waals surface area contributed by atoms with Gasteiger partial charge >= 0.3 is 0 Å². The molecule has 1 N–H and O–H groups in total. The third-order valence-electron chi connectivity index (χ3n) is 4.39. The zero-order valence-corrected chi connectivity index (χ0v) is 18.7. The average molecular weight is 473 g/mol. The van der Waals surface area contributed by atoms with Gasteiger partial charge in [0.2, 0.25) is 0 Å². The third-order valence-corrected chi connectivity index (χ3v) is 5.48. The number of thiocarbonyl (C=S) groups is 1. The quantitative estimate of drug-likeness (QED) is 0.263. The molecular formula is C23H18Cl2N2O3S. The largest absolute Gasteiger partial charge is 0.489 e. The topological polar surface area (TPSA) is 58.6 Å². The summed E-state index contributed by atoms with van der Waals surface area (Å²) in [6, 6.07) is 10.2. The fraction of sp³-hybridized carbons (Fsp3) is 0.0870. The van der Waals surface area contributed by atoms with E-state index in [-0.39, 0.29) is 26.4 Å². The van der Waals surface area contributed by atoms with Gasteiger partial charge in [0, 0.05) is 0 Å². The number of nitrogens with zero attached hydrogens (tertiary/aromatic N) is 1. The Hall–Kier alpha value is -2.93. The number of ether oxygens (including phenoxy) is 1. The molecule has 2 amide bonds. The van der Waals surface area contributed by atoms with Gasteiger partial charge in [-0.05, 0) is 60.1 Å². The highest BCUT2D eigenvalue weighted by Crippen LogP contribution is 2.34. The number of carbonyl (C=O) groups excluding carboxylic acids is 2. The second kappa shape index (κ2) is 9.92. The summed E-state index contributed by atoms with van der Waals surface area (Å²) in [6.07, 6.45) is 5.44. The second-order valence-corrected chi connectivity index (χ2v) is 7.66. The third kappa shape index (κ3) is 4.88. The summed E-state index contributed by atoms with van der Waals surface area (Å²) in [5.41, 5.74) is 1.70. The summed E-state index contributed by atoms with van der Waals surface area (Å²) in [4.78, 5) is 26.9. The number of anilines is 1. The van der Waals surface area contributed by atoms with Crippen molar-refractivity contribution in [2.75, 3.05) is 11.5 Å². The normalized spacial score (nSPS) is 15.1. The minimum Gasteiger partial charge on any atom is -0.489 e. The first kappa shape index (κ1) is 22.7. The molecule has 0 atom stereocenters. The van der Waals surface area contributed by atoms with E-state index in [2.05, 4.69) is 18.5 Å². The van der Waals surface area contributed by atoms with Gasteiger partial charge in [0.25, 0.3) is 11.8 Å². The molecule has 1 aliphatic heterocycles. The van der Waals surface area contributed by atoms with Crippen LogP contribution in [0.5, 0.6) is 5.75 Å². The molecule has 0 aromatic heterocycles. The standard InChI is InChI=1S/C23H18Cl2N2O3S/c1-3-6-15-12-14(9-10-19(15)30-11-4-2)13-16-21(28)26-23(31)27(22(16)29)18-8-5-7-17(24)20(18)25/h3-5,7-10,12-13H,1-2,6,11H2,(H,26,28,31)/b16-13+. The van der Waals surface area contributed by atoms with Crippen LogP contribution < -0.4 is 15.0 Å². The predicted octanol–water partition coefficient (Wildman–Crippen LogP) is 5.12. The molecule has 1 saturated heterocycles. The monoisotopic (exact) mass is 472 g/mol. The molecule has 0 bridgehead atoms. The summed E-state index contributed by atoms with van der Waals surface area (Å²) in [5.74, 6) is -0.522. The van der Waals surface area contributed by atoms with Gasteiger partial charge in [0.05, 0.1) is 15.7 Å². The number of allylic oxidation sites excluding steroid dienone is 1. The summed E-state index contributed by atoms with van der Waals surface area (Å²) < 4.78 is 5.65.